The van der Waals surface area contributed by atoms with Crippen LogP contribution >= 0.6 is 0 Å². The summed E-state index contributed by atoms with van der Waals surface area (Å²) in [6, 6.07) is 15.4. The van der Waals surface area contributed by atoms with Gasteiger partial charge in [0.1, 0.15) is 5.75 Å². The van der Waals surface area contributed by atoms with Crippen LogP contribution in [0.5, 0.6) is 5.75 Å². The maximum atomic E-state index is 11.5. The van der Waals surface area contributed by atoms with Gasteiger partial charge < -0.3 is 9.84 Å². The number of carboxylic acids is 1. The normalized spacial score (nSPS) is 11.2. The van der Waals surface area contributed by atoms with Crippen molar-refractivity contribution in [2.45, 2.75) is 19.3 Å². The predicted octanol–water partition coefficient (Wildman–Crippen LogP) is 3.94. The second-order valence-corrected chi connectivity index (χ2v) is 4.85. The van der Waals surface area contributed by atoms with Crippen LogP contribution in [0.3, 0.4) is 0 Å². The van der Waals surface area contributed by atoms with Gasteiger partial charge in [0.15, 0.2) is 0 Å². The molecule has 0 saturated carbocycles. The number of carboxylic acid groups (broad SMARTS) is 1. The van der Waals surface area contributed by atoms with Crippen molar-refractivity contribution in [3.05, 3.63) is 54.1 Å². The van der Waals surface area contributed by atoms with E-state index in [0.29, 0.717) is 17.7 Å². The summed E-state index contributed by atoms with van der Waals surface area (Å²) in [5.74, 6) is 4.73. The molecule has 0 aliphatic carbocycles. The largest absolute Gasteiger partial charge is 0.496 e. The molecule has 0 amide bonds. The number of ether oxygens (including phenoxy) is 1. The highest BCUT2D eigenvalue weighted by Gasteiger charge is 2.20. The summed E-state index contributed by atoms with van der Waals surface area (Å²) in [7, 11) is 1.59. The van der Waals surface area contributed by atoms with E-state index >= 15 is 0 Å². The Labute approximate surface area is 130 Å². The molecule has 0 saturated heterocycles. The molecule has 2 aromatic rings. The van der Waals surface area contributed by atoms with Gasteiger partial charge in [0.2, 0.25) is 0 Å². The van der Waals surface area contributed by atoms with Gasteiger partial charge in [0.05, 0.1) is 13.0 Å². The van der Waals surface area contributed by atoms with Crippen LogP contribution in [0, 0.1) is 11.8 Å². The van der Waals surface area contributed by atoms with Gasteiger partial charge in [0.25, 0.3) is 0 Å². The summed E-state index contributed by atoms with van der Waals surface area (Å²) in [6.45, 7) is 1.71. The third kappa shape index (κ3) is 3.48. The Kier molecular flexibility index (Phi) is 5.21. The van der Waals surface area contributed by atoms with Gasteiger partial charge in [-0.3, -0.25) is 4.79 Å². The molecule has 22 heavy (non-hydrogen) atoms. The zero-order valence-corrected chi connectivity index (χ0v) is 12.7. The average molecular weight is 294 g/mol. The van der Waals surface area contributed by atoms with Crippen LogP contribution in [-0.2, 0) is 4.79 Å². The molecule has 0 radical (unpaired) electrons. The fourth-order valence-corrected chi connectivity index (χ4v) is 2.33. The lowest BCUT2D eigenvalue weighted by atomic mass is 9.93. The highest BCUT2D eigenvalue weighted by atomic mass is 16.5. The molecule has 2 rings (SSSR count). The minimum absolute atomic E-state index is 0.291. The van der Waals surface area contributed by atoms with Crippen LogP contribution in [0.2, 0.25) is 0 Å². The monoisotopic (exact) mass is 294 g/mol. The first-order chi connectivity index (χ1) is 10.7. The van der Waals surface area contributed by atoms with E-state index in [2.05, 4.69) is 11.8 Å². The third-order valence-corrected chi connectivity index (χ3v) is 3.49. The second-order valence-electron chi connectivity index (χ2n) is 4.85. The van der Waals surface area contributed by atoms with Crippen LogP contribution in [0.15, 0.2) is 48.5 Å². The highest BCUT2D eigenvalue weighted by Crippen LogP contribution is 2.33. The first-order valence-electron chi connectivity index (χ1n) is 7.03. The lowest BCUT2D eigenvalue weighted by molar-refractivity contribution is -0.138. The van der Waals surface area contributed by atoms with Crippen molar-refractivity contribution in [2.75, 3.05) is 7.11 Å². The van der Waals surface area contributed by atoms with Crippen molar-refractivity contribution < 1.29 is 14.6 Å². The molecule has 3 nitrogen and oxygen atoms in total. The molecule has 1 N–H and O–H groups in total. The van der Waals surface area contributed by atoms with E-state index < -0.39 is 11.9 Å². The van der Waals surface area contributed by atoms with E-state index in [-0.39, 0.29) is 0 Å². The number of benzene rings is 2. The molecule has 0 aromatic heterocycles. The van der Waals surface area contributed by atoms with Crippen LogP contribution in [0.25, 0.3) is 11.1 Å². The number of aliphatic carboxylic acids is 1. The summed E-state index contributed by atoms with van der Waals surface area (Å²) in [5.41, 5.74) is 2.68. The van der Waals surface area contributed by atoms with E-state index in [1.165, 1.54) is 0 Å². The Bertz CT molecular complexity index is 708. The Balaban J connectivity index is 2.43. The summed E-state index contributed by atoms with van der Waals surface area (Å²) < 4.78 is 5.45. The molecule has 0 heterocycles. The third-order valence-electron chi connectivity index (χ3n) is 3.49. The number of methoxy groups -OCH3 is 1. The number of carbonyl (C=O) groups is 1. The molecule has 1 unspecified atom stereocenters. The zero-order valence-electron chi connectivity index (χ0n) is 12.7. The van der Waals surface area contributed by atoms with Crippen molar-refractivity contribution in [1.82, 2.24) is 0 Å². The highest BCUT2D eigenvalue weighted by molar-refractivity contribution is 5.78. The first-order valence-corrected chi connectivity index (χ1v) is 7.03. The van der Waals surface area contributed by atoms with Crippen molar-refractivity contribution in [3.63, 3.8) is 0 Å². The topological polar surface area (TPSA) is 46.5 Å². The molecular formula is C19H18O3. The molecule has 0 fully saturated rings. The maximum Gasteiger partial charge on any atom is 0.311 e. The predicted molar refractivity (Wildman–Crippen MR) is 86.9 cm³/mol. The molecule has 1 atom stereocenters. The molecule has 0 bridgehead atoms. The van der Waals surface area contributed by atoms with Crippen molar-refractivity contribution in [1.29, 1.82) is 0 Å². The molecule has 2 aromatic carbocycles. The minimum atomic E-state index is -0.878. The fraction of sp³-hybridized carbons (Fsp3) is 0.211. The standard InChI is InChI=1S/C19H18O3/c1-3-4-10-17(19(20)21)15-11-12-16(18(13-15)22-2)14-8-6-5-7-9-14/h5-9,11-13,17H,10H2,1-2H3,(H,20,21). The van der Waals surface area contributed by atoms with Crippen molar-refractivity contribution >= 4 is 5.97 Å². The van der Waals surface area contributed by atoms with Crippen molar-refractivity contribution in [2.24, 2.45) is 0 Å². The van der Waals surface area contributed by atoms with Crippen LogP contribution in [-0.4, -0.2) is 18.2 Å². The molecule has 0 spiro atoms. The minimum Gasteiger partial charge on any atom is -0.496 e. The SMILES string of the molecule is CC#CCC(C(=O)O)c1ccc(-c2ccccc2)c(OC)c1. The van der Waals surface area contributed by atoms with Crippen molar-refractivity contribution in [3.8, 4) is 28.7 Å². The van der Waals surface area contributed by atoms with Gasteiger partial charge in [0, 0.05) is 12.0 Å². The van der Waals surface area contributed by atoms with E-state index in [0.717, 1.165) is 11.1 Å². The number of hydrogen-bond donors (Lipinski definition) is 1. The summed E-state index contributed by atoms with van der Waals surface area (Å²) in [5, 5.41) is 9.39. The van der Waals surface area contributed by atoms with Crippen LogP contribution in [0.1, 0.15) is 24.8 Å². The van der Waals surface area contributed by atoms with E-state index in [9.17, 15) is 9.90 Å². The Morgan fingerprint density at radius 2 is 1.95 bits per heavy atom. The maximum absolute atomic E-state index is 11.5. The lowest BCUT2D eigenvalue weighted by Gasteiger charge is -2.14. The summed E-state index contributed by atoms with van der Waals surface area (Å²) in [4.78, 5) is 11.5. The smallest absolute Gasteiger partial charge is 0.311 e. The molecule has 0 aliphatic heterocycles. The van der Waals surface area contributed by atoms with Crippen LogP contribution in [0.4, 0.5) is 0 Å². The average Bonchev–Trinajstić information content (AvgIpc) is 2.55. The second kappa shape index (κ2) is 7.33. The van der Waals surface area contributed by atoms with Gasteiger partial charge in [-0.05, 0) is 24.1 Å². The summed E-state index contributed by atoms with van der Waals surface area (Å²) >= 11 is 0. The number of rotatable bonds is 5. The van der Waals surface area contributed by atoms with E-state index in [1.54, 1.807) is 20.1 Å². The Morgan fingerprint density at radius 3 is 2.55 bits per heavy atom. The van der Waals surface area contributed by atoms with Gasteiger partial charge in [-0.1, -0.05) is 42.5 Å². The lowest BCUT2D eigenvalue weighted by Crippen LogP contribution is -2.11. The van der Waals surface area contributed by atoms with Gasteiger partial charge in [-0.2, -0.15) is 0 Å². The molecule has 112 valence electrons. The van der Waals surface area contributed by atoms with Gasteiger partial charge in [-0.25, -0.2) is 0 Å². The summed E-state index contributed by atoms with van der Waals surface area (Å²) in [6.07, 6.45) is 0.291. The fourth-order valence-electron chi connectivity index (χ4n) is 2.33. The van der Waals surface area contributed by atoms with Gasteiger partial charge in [-0.15, -0.1) is 11.8 Å². The Hall–Kier alpha value is -2.73. The zero-order chi connectivity index (χ0) is 15.9. The van der Waals surface area contributed by atoms with Crippen LogP contribution < -0.4 is 4.74 Å². The quantitative estimate of drug-likeness (QED) is 0.849. The number of hydrogen-bond acceptors (Lipinski definition) is 2. The molecular weight excluding hydrogens is 276 g/mol. The first kappa shape index (κ1) is 15.7. The van der Waals surface area contributed by atoms with E-state index in [4.69, 9.17) is 4.74 Å². The molecule has 3 heteroatoms. The Morgan fingerprint density at radius 1 is 1.23 bits per heavy atom. The van der Waals surface area contributed by atoms with E-state index in [1.807, 2.05) is 42.5 Å². The van der Waals surface area contributed by atoms with Gasteiger partial charge >= 0.3 is 5.97 Å². The molecule has 0 aliphatic rings.